The Morgan fingerprint density at radius 3 is 2.86 bits per heavy atom. The summed E-state index contributed by atoms with van der Waals surface area (Å²) >= 11 is 7.91. The van der Waals surface area contributed by atoms with E-state index in [-0.39, 0.29) is 12.0 Å². The van der Waals surface area contributed by atoms with Gasteiger partial charge in [0.1, 0.15) is 0 Å². The van der Waals surface area contributed by atoms with Crippen LogP contribution in [0, 0.1) is 0 Å². The molecule has 4 nitrogen and oxygen atoms in total. The van der Waals surface area contributed by atoms with Crippen molar-refractivity contribution >= 4 is 40.2 Å². The third-order valence-electron chi connectivity index (χ3n) is 4.96. The van der Waals surface area contributed by atoms with E-state index in [0.717, 1.165) is 45.8 Å². The van der Waals surface area contributed by atoms with Gasteiger partial charge in [-0.05, 0) is 30.5 Å². The lowest BCUT2D eigenvalue weighted by Crippen LogP contribution is -2.32. The van der Waals surface area contributed by atoms with Crippen molar-refractivity contribution in [3.05, 3.63) is 65.3 Å². The molecule has 146 valence electrons. The molecule has 1 atom stereocenters. The maximum atomic E-state index is 12.2. The van der Waals surface area contributed by atoms with Crippen LogP contribution in [-0.2, 0) is 16.1 Å². The largest absolute Gasteiger partial charge is 0.376 e. The van der Waals surface area contributed by atoms with Crippen molar-refractivity contribution in [2.45, 2.75) is 30.4 Å². The van der Waals surface area contributed by atoms with Gasteiger partial charge in [-0.2, -0.15) is 0 Å². The molecule has 0 unspecified atom stereocenters. The molecule has 0 bridgehead atoms. The van der Waals surface area contributed by atoms with Crippen molar-refractivity contribution in [1.82, 2.24) is 9.88 Å². The summed E-state index contributed by atoms with van der Waals surface area (Å²) in [5.41, 5.74) is 2.22. The average molecular weight is 415 g/mol. The van der Waals surface area contributed by atoms with Crippen LogP contribution in [-0.4, -0.2) is 35.5 Å². The number of nitrogens with zero attached hydrogens (tertiary/aromatic N) is 1. The molecule has 28 heavy (non-hydrogen) atoms. The minimum atomic E-state index is 0.0448. The highest BCUT2D eigenvalue weighted by Gasteiger charge is 2.17. The van der Waals surface area contributed by atoms with E-state index < -0.39 is 0 Å². The monoisotopic (exact) mass is 414 g/mol. The Morgan fingerprint density at radius 1 is 1.21 bits per heavy atom. The molecule has 0 aliphatic carbocycles. The first-order valence-corrected chi connectivity index (χ1v) is 10.9. The summed E-state index contributed by atoms with van der Waals surface area (Å²) in [4.78, 5) is 13.3. The average Bonchev–Trinajstić information content (AvgIpc) is 3.35. The van der Waals surface area contributed by atoms with Crippen LogP contribution in [0.2, 0.25) is 5.02 Å². The smallest absolute Gasteiger partial charge is 0.230 e. The Hall–Kier alpha value is -1.95. The Balaban J connectivity index is 1.45. The molecule has 0 saturated carbocycles. The van der Waals surface area contributed by atoms with Crippen LogP contribution in [0.3, 0.4) is 0 Å². The molecule has 1 N–H and O–H groups in total. The number of benzene rings is 2. The lowest BCUT2D eigenvalue weighted by molar-refractivity contribution is -0.119. The number of aromatic nitrogens is 1. The number of halogens is 1. The SMILES string of the molecule is O=C(CSc1cn(Cc2ccccc2Cl)c2ccccc12)NC[C@H]1CCCO1. The zero-order valence-electron chi connectivity index (χ0n) is 15.6. The molecule has 1 aromatic heterocycles. The van der Waals surface area contributed by atoms with Crippen LogP contribution in [0.5, 0.6) is 0 Å². The van der Waals surface area contributed by atoms with Gasteiger partial charge in [0.2, 0.25) is 5.91 Å². The van der Waals surface area contributed by atoms with Crippen molar-refractivity contribution in [3.63, 3.8) is 0 Å². The molecule has 3 aromatic rings. The predicted octanol–water partition coefficient (Wildman–Crippen LogP) is 4.73. The number of ether oxygens (including phenoxy) is 1. The van der Waals surface area contributed by atoms with Gasteiger partial charge in [-0.1, -0.05) is 48.0 Å². The zero-order valence-corrected chi connectivity index (χ0v) is 17.1. The Kier molecular flexibility index (Phi) is 6.25. The molecule has 4 rings (SSSR count). The number of thioether (sulfide) groups is 1. The second-order valence-corrected chi connectivity index (χ2v) is 8.38. The molecule has 1 aliphatic heterocycles. The summed E-state index contributed by atoms with van der Waals surface area (Å²) in [6.07, 6.45) is 4.40. The minimum Gasteiger partial charge on any atom is -0.376 e. The number of amides is 1. The van der Waals surface area contributed by atoms with Gasteiger partial charge in [-0.15, -0.1) is 11.8 Å². The van der Waals surface area contributed by atoms with Crippen molar-refractivity contribution in [1.29, 1.82) is 0 Å². The quantitative estimate of drug-likeness (QED) is 0.568. The maximum absolute atomic E-state index is 12.2. The Labute approximate surface area is 174 Å². The fourth-order valence-corrected chi connectivity index (χ4v) is 4.61. The van der Waals surface area contributed by atoms with E-state index >= 15 is 0 Å². The zero-order chi connectivity index (χ0) is 19.3. The minimum absolute atomic E-state index is 0.0448. The van der Waals surface area contributed by atoms with E-state index in [1.807, 2.05) is 36.4 Å². The van der Waals surface area contributed by atoms with Crippen molar-refractivity contribution in [2.75, 3.05) is 18.9 Å². The molecule has 1 saturated heterocycles. The molecule has 0 spiro atoms. The normalized spacial score (nSPS) is 16.5. The molecule has 6 heteroatoms. The number of carbonyl (C=O) groups is 1. The summed E-state index contributed by atoms with van der Waals surface area (Å²) in [5, 5.41) is 4.91. The molecular weight excluding hydrogens is 392 g/mol. The van der Waals surface area contributed by atoms with Gasteiger partial charge in [0.25, 0.3) is 0 Å². The number of hydrogen-bond acceptors (Lipinski definition) is 3. The number of nitrogens with one attached hydrogen (secondary N) is 1. The van der Waals surface area contributed by atoms with Crippen LogP contribution in [0.15, 0.2) is 59.6 Å². The molecule has 1 aliphatic rings. The van der Waals surface area contributed by atoms with Crippen LogP contribution >= 0.6 is 23.4 Å². The van der Waals surface area contributed by atoms with Gasteiger partial charge >= 0.3 is 0 Å². The van der Waals surface area contributed by atoms with Gasteiger partial charge in [-0.25, -0.2) is 0 Å². The topological polar surface area (TPSA) is 43.3 Å². The number of carbonyl (C=O) groups excluding carboxylic acids is 1. The summed E-state index contributed by atoms with van der Waals surface area (Å²) < 4.78 is 7.76. The van der Waals surface area contributed by atoms with E-state index in [1.165, 1.54) is 0 Å². The summed E-state index contributed by atoms with van der Waals surface area (Å²) in [5.74, 6) is 0.441. The van der Waals surface area contributed by atoms with Crippen LogP contribution < -0.4 is 5.32 Å². The standard InChI is InChI=1S/C22H23ClN2O2S/c23-19-9-3-1-6-16(19)13-25-14-21(18-8-2-4-10-20(18)25)28-15-22(26)24-12-17-7-5-11-27-17/h1-4,6,8-10,14,17H,5,7,11-13,15H2,(H,24,26)/t17-/m1/s1. The first-order chi connectivity index (χ1) is 13.7. The fourth-order valence-electron chi connectivity index (χ4n) is 3.50. The van der Waals surface area contributed by atoms with Crippen molar-refractivity contribution in [2.24, 2.45) is 0 Å². The van der Waals surface area contributed by atoms with E-state index in [9.17, 15) is 4.79 Å². The third-order valence-corrected chi connectivity index (χ3v) is 6.37. The number of rotatable bonds is 7. The summed E-state index contributed by atoms with van der Waals surface area (Å²) in [6.45, 7) is 2.11. The second-order valence-electron chi connectivity index (χ2n) is 6.96. The molecular formula is C22H23ClN2O2S. The lowest BCUT2D eigenvalue weighted by atomic mass is 10.2. The van der Waals surface area contributed by atoms with Gasteiger partial charge in [0.15, 0.2) is 0 Å². The summed E-state index contributed by atoms with van der Waals surface area (Å²) in [7, 11) is 0. The molecule has 2 heterocycles. The van der Waals surface area contributed by atoms with Crippen molar-refractivity contribution < 1.29 is 9.53 Å². The van der Waals surface area contributed by atoms with E-state index in [0.29, 0.717) is 18.8 Å². The second kappa shape index (κ2) is 9.03. The van der Waals surface area contributed by atoms with Gasteiger partial charge in [0, 0.05) is 46.7 Å². The molecule has 0 radical (unpaired) electrons. The first-order valence-electron chi connectivity index (χ1n) is 9.53. The summed E-state index contributed by atoms with van der Waals surface area (Å²) in [6, 6.07) is 16.2. The van der Waals surface area contributed by atoms with Crippen LogP contribution in [0.25, 0.3) is 10.9 Å². The van der Waals surface area contributed by atoms with Gasteiger partial charge in [0.05, 0.1) is 11.9 Å². The van der Waals surface area contributed by atoms with E-state index in [1.54, 1.807) is 11.8 Å². The Bertz CT molecular complexity index is 966. The highest BCUT2D eigenvalue weighted by molar-refractivity contribution is 8.00. The van der Waals surface area contributed by atoms with Crippen molar-refractivity contribution in [3.8, 4) is 0 Å². The molecule has 2 aromatic carbocycles. The fraction of sp³-hybridized carbons (Fsp3) is 0.318. The van der Waals surface area contributed by atoms with Crippen LogP contribution in [0.1, 0.15) is 18.4 Å². The number of para-hydroxylation sites is 1. The predicted molar refractivity (Wildman–Crippen MR) is 115 cm³/mol. The Morgan fingerprint density at radius 2 is 2.04 bits per heavy atom. The molecule has 1 fully saturated rings. The van der Waals surface area contributed by atoms with Gasteiger partial charge in [-0.3, -0.25) is 4.79 Å². The molecule has 1 amide bonds. The number of hydrogen-bond donors (Lipinski definition) is 1. The lowest BCUT2D eigenvalue weighted by Gasteiger charge is -2.10. The third kappa shape index (κ3) is 4.54. The van der Waals surface area contributed by atoms with E-state index in [4.69, 9.17) is 16.3 Å². The van der Waals surface area contributed by atoms with E-state index in [2.05, 4.69) is 28.2 Å². The van der Waals surface area contributed by atoms with Gasteiger partial charge < -0.3 is 14.6 Å². The highest BCUT2D eigenvalue weighted by Crippen LogP contribution is 2.31. The van der Waals surface area contributed by atoms with Crippen LogP contribution in [0.4, 0.5) is 0 Å². The number of fused-ring (bicyclic) bond motifs is 1. The maximum Gasteiger partial charge on any atom is 0.230 e. The highest BCUT2D eigenvalue weighted by atomic mass is 35.5. The first kappa shape index (κ1) is 19.4.